The highest BCUT2D eigenvalue weighted by atomic mass is 19.1. The Labute approximate surface area is 153 Å². The van der Waals surface area contributed by atoms with Crippen LogP contribution >= 0.6 is 0 Å². The molecule has 0 radical (unpaired) electrons. The number of pyridine rings is 1. The quantitative estimate of drug-likeness (QED) is 0.697. The number of aryl methyl sites for hydroxylation is 1. The molecule has 1 unspecified atom stereocenters. The minimum absolute atomic E-state index is 0.319. The molecule has 0 fully saturated rings. The molecule has 0 spiro atoms. The Hall–Kier alpha value is -2.72. The van der Waals surface area contributed by atoms with Crippen LogP contribution < -0.4 is 4.74 Å². The van der Waals surface area contributed by atoms with E-state index < -0.39 is 5.60 Å². The normalized spacial score (nSPS) is 13.2. The molecule has 134 valence electrons. The van der Waals surface area contributed by atoms with Gasteiger partial charge < -0.3 is 9.84 Å². The summed E-state index contributed by atoms with van der Waals surface area (Å²) in [6.07, 6.45) is 2.29. The van der Waals surface area contributed by atoms with Crippen molar-refractivity contribution < 1.29 is 14.2 Å². The largest absolute Gasteiger partial charge is 0.487 e. The van der Waals surface area contributed by atoms with Gasteiger partial charge in [-0.2, -0.15) is 0 Å². The smallest absolute Gasteiger partial charge is 0.130 e. The zero-order chi connectivity index (χ0) is 18.6. The van der Waals surface area contributed by atoms with Gasteiger partial charge in [0.1, 0.15) is 23.8 Å². The van der Waals surface area contributed by atoms with Gasteiger partial charge in [-0.25, -0.2) is 4.39 Å². The van der Waals surface area contributed by atoms with E-state index in [9.17, 15) is 9.50 Å². The van der Waals surface area contributed by atoms with Crippen molar-refractivity contribution in [2.24, 2.45) is 0 Å². The van der Waals surface area contributed by atoms with Crippen molar-refractivity contribution in [1.82, 2.24) is 4.98 Å². The standard InChI is InChI=1S/C22H22FNO2/c1-3-22(25,17-5-9-19(23)10-6-17)18-7-12-21(13-8-18)26-15-20-11-4-16(2)14-24-20/h4-14,25H,3,15H2,1-2H3. The van der Waals surface area contributed by atoms with E-state index in [0.29, 0.717) is 24.3 Å². The van der Waals surface area contributed by atoms with Crippen LogP contribution in [-0.4, -0.2) is 10.1 Å². The highest BCUT2D eigenvalue weighted by Gasteiger charge is 2.29. The van der Waals surface area contributed by atoms with Gasteiger partial charge in [0.05, 0.1) is 5.69 Å². The fourth-order valence-corrected chi connectivity index (χ4v) is 2.87. The van der Waals surface area contributed by atoms with Gasteiger partial charge in [-0.15, -0.1) is 0 Å². The van der Waals surface area contributed by atoms with E-state index >= 15 is 0 Å². The zero-order valence-corrected chi connectivity index (χ0v) is 14.9. The second-order valence-corrected chi connectivity index (χ2v) is 6.36. The number of hydrogen-bond acceptors (Lipinski definition) is 3. The third-order valence-electron chi connectivity index (χ3n) is 4.52. The first-order valence-electron chi connectivity index (χ1n) is 8.64. The van der Waals surface area contributed by atoms with Crippen molar-refractivity contribution in [2.45, 2.75) is 32.5 Å². The SMILES string of the molecule is CCC(O)(c1ccc(F)cc1)c1ccc(OCc2ccc(C)cn2)cc1. The lowest BCUT2D eigenvalue weighted by Crippen LogP contribution is -2.26. The van der Waals surface area contributed by atoms with Crippen LogP contribution in [0.3, 0.4) is 0 Å². The van der Waals surface area contributed by atoms with Crippen molar-refractivity contribution in [3.63, 3.8) is 0 Å². The summed E-state index contributed by atoms with van der Waals surface area (Å²) >= 11 is 0. The lowest BCUT2D eigenvalue weighted by atomic mass is 9.84. The van der Waals surface area contributed by atoms with Gasteiger partial charge in [0, 0.05) is 6.20 Å². The maximum Gasteiger partial charge on any atom is 0.130 e. The molecule has 0 bridgehead atoms. The van der Waals surface area contributed by atoms with Crippen LogP contribution in [0.15, 0.2) is 66.9 Å². The lowest BCUT2D eigenvalue weighted by Gasteiger charge is -2.28. The zero-order valence-electron chi connectivity index (χ0n) is 14.9. The molecule has 3 nitrogen and oxygen atoms in total. The highest BCUT2D eigenvalue weighted by Crippen LogP contribution is 2.33. The van der Waals surface area contributed by atoms with Crippen LogP contribution in [0.2, 0.25) is 0 Å². The van der Waals surface area contributed by atoms with Crippen molar-refractivity contribution in [1.29, 1.82) is 0 Å². The molecule has 0 amide bonds. The van der Waals surface area contributed by atoms with Gasteiger partial charge >= 0.3 is 0 Å². The second-order valence-electron chi connectivity index (χ2n) is 6.36. The first kappa shape index (κ1) is 18.1. The maximum absolute atomic E-state index is 13.2. The number of ether oxygens (including phenoxy) is 1. The third-order valence-corrected chi connectivity index (χ3v) is 4.52. The Bertz CT molecular complexity index is 845. The summed E-state index contributed by atoms with van der Waals surface area (Å²) in [5.41, 5.74) is 2.21. The van der Waals surface area contributed by atoms with Crippen LogP contribution in [-0.2, 0) is 12.2 Å². The molecule has 1 heterocycles. The molecule has 4 heteroatoms. The maximum atomic E-state index is 13.2. The Morgan fingerprint density at radius 2 is 1.58 bits per heavy atom. The topological polar surface area (TPSA) is 42.4 Å². The molecule has 1 N–H and O–H groups in total. The number of hydrogen-bond donors (Lipinski definition) is 1. The molecule has 0 saturated carbocycles. The van der Waals surface area contributed by atoms with Gasteiger partial charge in [0.15, 0.2) is 0 Å². The van der Waals surface area contributed by atoms with Gasteiger partial charge in [-0.05, 0) is 60.4 Å². The summed E-state index contributed by atoms with van der Waals surface area (Å²) in [6.45, 7) is 4.28. The molecule has 0 saturated heterocycles. The molecule has 0 aliphatic rings. The number of rotatable bonds is 6. The number of halogens is 1. The van der Waals surface area contributed by atoms with E-state index in [-0.39, 0.29) is 5.82 Å². The van der Waals surface area contributed by atoms with Crippen LogP contribution in [0.1, 0.15) is 35.7 Å². The van der Waals surface area contributed by atoms with Crippen LogP contribution in [0, 0.1) is 12.7 Å². The van der Waals surface area contributed by atoms with E-state index in [0.717, 1.165) is 16.8 Å². The first-order chi connectivity index (χ1) is 12.5. The fraction of sp³-hybridized carbons (Fsp3) is 0.227. The minimum atomic E-state index is -1.16. The number of aromatic nitrogens is 1. The summed E-state index contributed by atoms with van der Waals surface area (Å²) in [4.78, 5) is 4.31. The molecule has 1 aromatic heterocycles. The van der Waals surface area contributed by atoms with Crippen LogP contribution in [0.25, 0.3) is 0 Å². The molecule has 2 aromatic carbocycles. The van der Waals surface area contributed by atoms with Gasteiger partial charge in [0.2, 0.25) is 0 Å². The average molecular weight is 351 g/mol. The van der Waals surface area contributed by atoms with E-state index in [1.165, 1.54) is 12.1 Å². The summed E-state index contributed by atoms with van der Waals surface area (Å²) in [6, 6.07) is 17.2. The predicted octanol–water partition coefficient (Wildman–Crippen LogP) is 4.75. The first-order valence-corrected chi connectivity index (χ1v) is 8.64. The number of nitrogens with zero attached hydrogens (tertiary/aromatic N) is 1. The Balaban J connectivity index is 1.74. The van der Waals surface area contributed by atoms with Gasteiger partial charge in [-0.3, -0.25) is 4.98 Å². The third kappa shape index (κ3) is 3.92. The van der Waals surface area contributed by atoms with Gasteiger partial charge in [-0.1, -0.05) is 37.3 Å². The van der Waals surface area contributed by atoms with Crippen LogP contribution in [0.5, 0.6) is 5.75 Å². The summed E-state index contributed by atoms with van der Waals surface area (Å²) < 4.78 is 18.9. The van der Waals surface area contributed by atoms with Crippen LogP contribution in [0.4, 0.5) is 4.39 Å². The molecule has 1 atom stereocenters. The van der Waals surface area contributed by atoms with E-state index in [1.807, 2.05) is 56.4 Å². The molecular formula is C22H22FNO2. The van der Waals surface area contributed by atoms with Crippen molar-refractivity contribution >= 4 is 0 Å². The fourth-order valence-electron chi connectivity index (χ4n) is 2.87. The second kappa shape index (κ2) is 7.67. The van der Waals surface area contributed by atoms with Gasteiger partial charge in [0.25, 0.3) is 0 Å². The minimum Gasteiger partial charge on any atom is -0.487 e. The molecule has 0 aliphatic carbocycles. The summed E-state index contributed by atoms with van der Waals surface area (Å²) in [5, 5.41) is 11.1. The lowest BCUT2D eigenvalue weighted by molar-refractivity contribution is 0.0764. The molecule has 3 aromatic rings. The van der Waals surface area contributed by atoms with E-state index in [2.05, 4.69) is 4.98 Å². The Morgan fingerprint density at radius 1 is 0.962 bits per heavy atom. The van der Waals surface area contributed by atoms with Crippen molar-refractivity contribution in [2.75, 3.05) is 0 Å². The monoisotopic (exact) mass is 351 g/mol. The van der Waals surface area contributed by atoms with Crippen molar-refractivity contribution in [3.05, 3.63) is 95.1 Å². The number of benzene rings is 2. The van der Waals surface area contributed by atoms with Crippen molar-refractivity contribution in [3.8, 4) is 5.75 Å². The molecule has 0 aliphatic heterocycles. The predicted molar refractivity (Wildman–Crippen MR) is 99.4 cm³/mol. The molecule has 26 heavy (non-hydrogen) atoms. The molecular weight excluding hydrogens is 329 g/mol. The highest BCUT2D eigenvalue weighted by molar-refractivity contribution is 5.38. The van der Waals surface area contributed by atoms with E-state index in [1.54, 1.807) is 12.1 Å². The number of aliphatic hydroxyl groups is 1. The Kier molecular flexibility index (Phi) is 5.33. The van der Waals surface area contributed by atoms with E-state index in [4.69, 9.17) is 4.74 Å². The molecule has 3 rings (SSSR count). The summed E-state index contributed by atoms with van der Waals surface area (Å²) in [5.74, 6) is 0.384. The average Bonchev–Trinajstić information content (AvgIpc) is 2.68. The Morgan fingerprint density at radius 3 is 2.12 bits per heavy atom. The summed E-state index contributed by atoms with van der Waals surface area (Å²) in [7, 11) is 0.